The molecule has 14 heavy (non-hydrogen) atoms. The van der Waals surface area contributed by atoms with Crippen LogP contribution in [0.3, 0.4) is 0 Å². The van der Waals surface area contributed by atoms with E-state index in [1.165, 1.54) is 12.8 Å². The smallest absolute Gasteiger partial charge is 0.0576 e. The lowest BCUT2D eigenvalue weighted by Crippen LogP contribution is -2.37. The van der Waals surface area contributed by atoms with Gasteiger partial charge in [-0.15, -0.1) is 0 Å². The van der Waals surface area contributed by atoms with E-state index in [0.29, 0.717) is 17.3 Å². The average Bonchev–Trinajstić information content (AvgIpc) is 2.02. The highest BCUT2D eigenvalue weighted by Gasteiger charge is 2.37. The monoisotopic (exact) mass is 197 g/mol. The van der Waals surface area contributed by atoms with Gasteiger partial charge in [-0.2, -0.15) is 0 Å². The lowest BCUT2D eigenvalue weighted by atomic mass is 9.66. The van der Waals surface area contributed by atoms with E-state index >= 15 is 0 Å². The van der Waals surface area contributed by atoms with Crippen molar-refractivity contribution >= 4 is 0 Å². The number of hydrogen-bond acceptors (Lipinski definition) is 1. The Labute approximate surface area is 88.9 Å². The van der Waals surface area contributed by atoms with Crippen molar-refractivity contribution in [2.45, 2.75) is 59.0 Å². The van der Waals surface area contributed by atoms with Gasteiger partial charge in [-0.3, -0.25) is 0 Å². The minimum atomic E-state index is -0.0831. The molecule has 1 heteroatoms. The number of rotatable bonds is 3. The van der Waals surface area contributed by atoms with Crippen LogP contribution in [0.5, 0.6) is 0 Å². The highest BCUT2D eigenvalue weighted by molar-refractivity contribution is 4.88. The van der Waals surface area contributed by atoms with Gasteiger partial charge in [0, 0.05) is 0 Å². The summed E-state index contributed by atoms with van der Waals surface area (Å²) < 4.78 is 0. The van der Waals surface area contributed by atoms with Gasteiger partial charge in [0.05, 0.1) is 6.10 Å². The fraction of sp³-hybridized carbons (Fsp3) is 0.923. The first-order valence-electron chi connectivity index (χ1n) is 5.96. The summed E-state index contributed by atoms with van der Waals surface area (Å²) in [6.07, 6.45) is 5.51. The molecule has 1 saturated carbocycles. The van der Waals surface area contributed by atoms with E-state index in [4.69, 9.17) is 0 Å². The summed E-state index contributed by atoms with van der Waals surface area (Å²) in [6, 6.07) is 0. The molecule has 0 saturated heterocycles. The largest absolute Gasteiger partial charge is 0.393 e. The second-order valence-electron chi connectivity index (χ2n) is 5.63. The molecule has 0 bridgehead atoms. The molecule has 1 aliphatic rings. The van der Waals surface area contributed by atoms with Crippen LogP contribution in [-0.2, 0) is 0 Å². The molecule has 0 aromatic heterocycles. The van der Waals surface area contributed by atoms with Crippen LogP contribution in [0.4, 0.5) is 0 Å². The zero-order chi connectivity index (χ0) is 10.8. The summed E-state index contributed by atoms with van der Waals surface area (Å²) in [7, 11) is 0. The second kappa shape index (κ2) is 4.65. The summed E-state index contributed by atoms with van der Waals surface area (Å²) >= 11 is 0. The van der Waals surface area contributed by atoms with Crippen molar-refractivity contribution in [2.75, 3.05) is 0 Å². The summed E-state index contributed by atoms with van der Waals surface area (Å²) in [5, 5.41) is 10.1. The van der Waals surface area contributed by atoms with Crippen LogP contribution in [-0.4, -0.2) is 11.2 Å². The Morgan fingerprint density at radius 1 is 1.50 bits per heavy atom. The van der Waals surface area contributed by atoms with Crippen molar-refractivity contribution in [3.05, 3.63) is 6.92 Å². The van der Waals surface area contributed by atoms with Gasteiger partial charge >= 0.3 is 0 Å². The van der Waals surface area contributed by atoms with E-state index in [1.54, 1.807) is 0 Å². The molecule has 1 nitrogen and oxygen atoms in total. The van der Waals surface area contributed by atoms with E-state index in [9.17, 15) is 5.11 Å². The predicted molar refractivity (Wildman–Crippen MR) is 60.9 cm³/mol. The molecule has 0 aromatic carbocycles. The molecule has 3 atom stereocenters. The van der Waals surface area contributed by atoms with Gasteiger partial charge in [-0.1, -0.05) is 34.1 Å². The van der Waals surface area contributed by atoms with Crippen molar-refractivity contribution < 1.29 is 5.11 Å². The van der Waals surface area contributed by atoms with Crippen LogP contribution in [0.1, 0.15) is 52.9 Å². The lowest BCUT2D eigenvalue weighted by Gasteiger charge is -2.42. The van der Waals surface area contributed by atoms with Crippen molar-refractivity contribution in [3.63, 3.8) is 0 Å². The Morgan fingerprint density at radius 2 is 2.14 bits per heavy atom. The maximum absolute atomic E-state index is 10.1. The number of aliphatic hydroxyl groups is 1. The molecule has 0 unspecified atom stereocenters. The van der Waals surface area contributed by atoms with Gasteiger partial charge in [0.2, 0.25) is 0 Å². The fourth-order valence-electron chi connectivity index (χ4n) is 2.90. The first-order chi connectivity index (χ1) is 6.48. The third-order valence-corrected chi connectivity index (χ3v) is 3.91. The molecule has 1 aliphatic carbocycles. The van der Waals surface area contributed by atoms with Crippen molar-refractivity contribution in [1.82, 2.24) is 0 Å². The SMILES string of the molecule is [CH2]CC[C@]1(C)CC[C@@H](C(C)C)[C@H](O)C1. The third kappa shape index (κ3) is 2.73. The first-order valence-corrected chi connectivity index (χ1v) is 5.96. The molecule has 0 aromatic rings. The Morgan fingerprint density at radius 3 is 2.57 bits per heavy atom. The van der Waals surface area contributed by atoms with Crippen LogP contribution < -0.4 is 0 Å². The molecule has 0 aliphatic heterocycles. The second-order valence-corrected chi connectivity index (χ2v) is 5.63. The molecule has 1 radical (unpaired) electrons. The molecule has 1 rings (SSSR count). The van der Waals surface area contributed by atoms with Gasteiger partial charge in [-0.25, -0.2) is 0 Å². The quantitative estimate of drug-likeness (QED) is 0.735. The summed E-state index contributed by atoms with van der Waals surface area (Å²) in [5.41, 5.74) is 0.354. The lowest BCUT2D eigenvalue weighted by molar-refractivity contribution is -0.0127. The zero-order valence-electron chi connectivity index (χ0n) is 9.92. The topological polar surface area (TPSA) is 20.2 Å². The minimum absolute atomic E-state index is 0.0831. The van der Waals surface area contributed by atoms with Crippen LogP contribution in [0.2, 0.25) is 0 Å². The summed E-state index contributed by atoms with van der Waals surface area (Å²) in [4.78, 5) is 0. The fourth-order valence-corrected chi connectivity index (χ4v) is 2.90. The molecular weight excluding hydrogens is 172 g/mol. The maximum Gasteiger partial charge on any atom is 0.0576 e. The van der Waals surface area contributed by atoms with E-state index in [1.807, 2.05) is 0 Å². The Kier molecular flexibility index (Phi) is 4.00. The van der Waals surface area contributed by atoms with Crippen LogP contribution in [0.25, 0.3) is 0 Å². The maximum atomic E-state index is 10.1. The Bertz CT molecular complexity index is 176. The van der Waals surface area contributed by atoms with Gasteiger partial charge in [-0.05, 0) is 42.9 Å². The predicted octanol–water partition coefficient (Wildman–Crippen LogP) is 3.42. The summed E-state index contributed by atoms with van der Waals surface area (Å²) in [6.45, 7) is 10.7. The highest BCUT2D eigenvalue weighted by atomic mass is 16.3. The van der Waals surface area contributed by atoms with E-state index in [2.05, 4.69) is 27.7 Å². The van der Waals surface area contributed by atoms with Crippen molar-refractivity contribution in [3.8, 4) is 0 Å². The number of hydrogen-bond donors (Lipinski definition) is 1. The van der Waals surface area contributed by atoms with Gasteiger partial charge < -0.3 is 5.11 Å². The van der Waals surface area contributed by atoms with E-state index in [0.717, 1.165) is 19.3 Å². The normalized spacial score (nSPS) is 39.0. The standard InChI is InChI=1S/C13H25O/c1-5-7-13(4)8-6-11(10(2)3)12(14)9-13/h10-12,14H,1,5-9H2,2-4H3/t11-,12+,13+/m0/s1. The molecule has 0 spiro atoms. The first kappa shape index (κ1) is 12.0. The Balaban J connectivity index is 2.53. The molecule has 1 N–H and O–H groups in total. The third-order valence-electron chi connectivity index (χ3n) is 3.91. The summed E-state index contributed by atoms with van der Waals surface area (Å²) in [5.74, 6) is 1.14. The average molecular weight is 197 g/mol. The molecule has 0 heterocycles. The van der Waals surface area contributed by atoms with Gasteiger partial charge in [0.1, 0.15) is 0 Å². The number of aliphatic hydroxyl groups excluding tert-OH is 1. The van der Waals surface area contributed by atoms with Crippen molar-refractivity contribution in [2.24, 2.45) is 17.3 Å². The van der Waals surface area contributed by atoms with E-state index < -0.39 is 0 Å². The van der Waals surface area contributed by atoms with Crippen LogP contribution in [0.15, 0.2) is 0 Å². The molecule has 83 valence electrons. The minimum Gasteiger partial charge on any atom is -0.393 e. The van der Waals surface area contributed by atoms with Crippen LogP contribution >= 0.6 is 0 Å². The molecule has 1 fully saturated rings. The zero-order valence-corrected chi connectivity index (χ0v) is 9.92. The van der Waals surface area contributed by atoms with Crippen LogP contribution in [0, 0.1) is 24.2 Å². The van der Waals surface area contributed by atoms with Crippen molar-refractivity contribution in [1.29, 1.82) is 0 Å². The highest BCUT2D eigenvalue weighted by Crippen LogP contribution is 2.43. The molecule has 0 amide bonds. The van der Waals surface area contributed by atoms with E-state index in [-0.39, 0.29) is 6.10 Å². The Hall–Kier alpha value is -0.0400. The van der Waals surface area contributed by atoms with Gasteiger partial charge in [0.15, 0.2) is 0 Å². The molecular formula is C13H25O. The van der Waals surface area contributed by atoms with Gasteiger partial charge in [0.25, 0.3) is 0 Å².